The molecule has 0 bridgehead atoms. The third kappa shape index (κ3) is 3.86. The lowest BCUT2D eigenvalue weighted by Gasteiger charge is -2.36. The van der Waals surface area contributed by atoms with E-state index in [1.165, 1.54) is 0 Å². The summed E-state index contributed by atoms with van der Waals surface area (Å²) in [4.78, 5) is 28.7. The topological polar surface area (TPSA) is 69.1 Å². The Bertz CT molecular complexity index is 847. The molecule has 4 rings (SSSR count). The molecule has 1 saturated carbocycles. The normalized spacial score (nSPS) is 17.4. The highest BCUT2D eigenvalue weighted by atomic mass is 16.2. The predicted octanol–water partition coefficient (Wildman–Crippen LogP) is 2.07. The Kier molecular flexibility index (Phi) is 4.68. The maximum absolute atomic E-state index is 12.4. The van der Waals surface area contributed by atoms with Crippen molar-refractivity contribution in [3.8, 4) is 0 Å². The van der Waals surface area contributed by atoms with Gasteiger partial charge in [0, 0.05) is 50.0 Å². The third-order valence-electron chi connectivity index (χ3n) is 5.11. The molecule has 27 heavy (non-hydrogen) atoms. The Morgan fingerprint density at radius 2 is 1.74 bits per heavy atom. The van der Waals surface area contributed by atoms with Gasteiger partial charge in [0.2, 0.25) is 0 Å². The first kappa shape index (κ1) is 17.7. The molecule has 0 aromatic carbocycles. The SMILES string of the molecule is CC(C)NC(=O)N1CCN(c2ccc3ccc(C(=O)NC4CC4)cn23)CC1. The number of nitrogens with one attached hydrogen (secondary N) is 2. The smallest absolute Gasteiger partial charge is 0.317 e. The van der Waals surface area contributed by atoms with Crippen LogP contribution in [0.2, 0.25) is 0 Å². The minimum absolute atomic E-state index is 0.00343. The Hall–Kier alpha value is -2.70. The molecule has 7 nitrogen and oxygen atoms in total. The van der Waals surface area contributed by atoms with Crippen LogP contribution in [0.1, 0.15) is 37.0 Å². The van der Waals surface area contributed by atoms with Gasteiger partial charge in [-0.15, -0.1) is 0 Å². The van der Waals surface area contributed by atoms with E-state index in [0.717, 1.165) is 37.3 Å². The summed E-state index contributed by atoms with van der Waals surface area (Å²) in [5.74, 6) is 1.06. The second kappa shape index (κ2) is 7.13. The molecular weight excluding hydrogens is 342 g/mol. The lowest BCUT2D eigenvalue weighted by Crippen LogP contribution is -2.53. The van der Waals surface area contributed by atoms with Crippen LogP contribution < -0.4 is 15.5 Å². The number of aromatic nitrogens is 1. The molecule has 0 spiro atoms. The largest absolute Gasteiger partial charge is 0.354 e. The van der Waals surface area contributed by atoms with Crippen molar-refractivity contribution in [3.63, 3.8) is 0 Å². The van der Waals surface area contributed by atoms with E-state index in [4.69, 9.17) is 0 Å². The quantitative estimate of drug-likeness (QED) is 0.867. The van der Waals surface area contributed by atoms with Crippen LogP contribution >= 0.6 is 0 Å². The molecule has 3 heterocycles. The maximum atomic E-state index is 12.4. The zero-order chi connectivity index (χ0) is 19.0. The van der Waals surface area contributed by atoms with Gasteiger partial charge in [-0.1, -0.05) is 0 Å². The van der Waals surface area contributed by atoms with E-state index in [1.54, 1.807) is 0 Å². The molecule has 1 saturated heterocycles. The minimum Gasteiger partial charge on any atom is -0.354 e. The van der Waals surface area contributed by atoms with Gasteiger partial charge >= 0.3 is 6.03 Å². The highest BCUT2D eigenvalue weighted by Gasteiger charge is 2.25. The summed E-state index contributed by atoms with van der Waals surface area (Å²) in [5.41, 5.74) is 1.75. The van der Waals surface area contributed by atoms with Crippen LogP contribution in [0, 0.1) is 0 Å². The predicted molar refractivity (Wildman–Crippen MR) is 105 cm³/mol. The van der Waals surface area contributed by atoms with Crippen molar-refractivity contribution in [2.75, 3.05) is 31.1 Å². The molecule has 1 aliphatic carbocycles. The van der Waals surface area contributed by atoms with Gasteiger partial charge in [-0.2, -0.15) is 0 Å². The van der Waals surface area contributed by atoms with Crippen molar-refractivity contribution >= 4 is 23.3 Å². The molecule has 7 heteroatoms. The summed E-state index contributed by atoms with van der Waals surface area (Å²) in [6.07, 6.45) is 4.08. The summed E-state index contributed by atoms with van der Waals surface area (Å²) < 4.78 is 2.08. The standard InChI is InChI=1S/C20H27N5O2/c1-14(2)21-20(27)24-11-9-23(10-12-24)18-8-7-17-6-3-15(13-25(17)18)19(26)22-16-4-5-16/h3,6-8,13-14,16H,4-5,9-12H2,1-2H3,(H,21,27)(H,22,26). The molecule has 1 aliphatic heterocycles. The van der Waals surface area contributed by atoms with Gasteiger partial charge in [-0.05, 0) is 51.0 Å². The zero-order valence-corrected chi connectivity index (χ0v) is 15.9. The lowest BCUT2D eigenvalue weighted by molar-refractivity contribution is 0.0950. The molecule has 0 atom stereocenters. The Morgan fingerprint density at radius 3 is 2.41 bits per heavy atom. The molecular formula is C20H27N5O2. The van der Waals surface area contributed by atoms with Gasteiger partial charge in [0.1, 0.15) is 5.82 Å². The van der Waals surface area contributed by atoms with E-state index in [9.17, 15) is 9.59 Å². The van der Waals surface area contributed by atoms with Gasteiger partial charge in [0.05, 0.1) is 5.56 Å². The van der Waals surface area contributed by atoms with Gasteiger partial charge in [-0.25, -0.2) is 4.79 Å². The number of carbonyl (C=O) groups is 2. The zero-order valence-electron chi connectivity index (χ0n) is 15.9. The molecule has 0 unspecified atom stereocenters. The van der Waals surface area contributed by atoms with Crippen molar-refractivity contribution in [1.82, 2.24) is 19.9 Å². The Balaban J connectivity index is 1.47. The summed E-state index contributed by atoms with van der Waals surface area (Å²) in [6, 6.07) is 8.51. The number of hydrogen-bond acceptors (Lipinski definition) is 3. The van der Waals surface area contributed by atoms with Gasteiger partial charge in [0.25, 0.3) is 5.91 Å². The number of pyridine rings is 1. The highest BCUT2D eigenvalue weighted by molar-refractivity contribution is 5.94. The first-order valence-corrected chi connectivity index (χ1v) is 9.73. The van der Waals surface area contributed by atoms with Crippen molar-refractivity contribution < 1.29 is 9.59 Å². The highest BCUT2D eigenvalue weighted by Crippen LogP contribution is 2.23. The number of urea groups is 1. The number of anilines is 1. The number of fused-ring (bicyclic) bond motifs is 1. The van der Waals surface area contributed by atoms with Crippen LogP contribution in [-0.2, 0) is 0 Å². The van der Waals surface area contributed by atoms with E-state index in [1.807, 2.05) is 37.1 Å². The summed E-state index contributed by atoms with van der Waals surface area (Å²) in [5, 5.41) is 5.99. The average Bonchev–Trinajstić information content (AvgIpc) is 3.36. The van der Waals surface area contributed by atoms with Crippen LogP contribution in [0.15, 0.2) is 30.5 Å². The van der Waals surface area contributed by atoms with Crippen LogP contribution in [0.3, 0.4) is 0 Å². The van der Waals surface area contributed by atoms with Gasteiger partial charge in [-0.3, -0.25) is 4.79 Å². The second-order valence-electron chi connectivity index (χ2n) is 7.73. The van der Waals surface area contributed by atoms with E-state index in [2.05, 4.69) is 32.1 Å². The summed E-state index contributed by atoms with van der Waals surface area (Å²) >= 11 is 0. The van der Waals surface area contributed by atoms with E-state index < -0.39 is 0 Å². The fraction of sp³-hybridized carbons (Fsp3) is 0.500. The van der Waals surface area contributed by atoms with Gasteiger partial charge in [0.15, 0.2) is 0 Å². The third-order valence-corrected chi connectivity index (χ3v) is 5.11. The Labute approximate surface area is 159 Å². The number of piperazine rings is 1. The van der Waals surface area contributed by atoms with E-state index in [0.29, 0.717) is 24.7 Å². The Morgan fingerprint density at radius 1 is 1.04 bits per heavy atom. The van der Waals surface area contributed by atoms with Crippen LogP contribution in [0.5, 0.6) is 0 Å². The fourth-order valence-electron chi connectivity index (χ4n) is 3.45. The van der Waals surface area contributed by atoms with Crippen LogP contribution in [-0.4, -0.2) is 59.5 Å². The first-order valence-electron chi connectivity index (χ1n) is 9.73. The lowest BCUT2D eigenvalue weighted by atomic mass is 10.2. The molecule has 3 amide bonds. The fourth-order valence-corrected chi connectivity index (χ4v) is 3.45. The molecule has 2 fully saturated rings. The van der Waals surface area contributed by atoms with Crippen molar-refractivity contribution in [1.29, 1.82) is 0 Å². The number of amides is 3. The molecule has 144 valence electrons. The van der Waals surface area contributed by atoms with Crippen molar-refractivity contribution in [2.24, 2.45) is 0 Å². The average molecular weight is 369 g/mol. The summed E-state index contributed by atoms with van der Waals surface area (Å²) in [7, 11) is 0. The van der Waals surface area contributed by atoms with Crippen LogP contribution in [0.4, 0.5) is 10.6 Å². The maximum Gasteiger partial charge on any atom is 0.317 e. The van der Waals surface area contributed by atoms with Crippen LogP contribution in [0.25, 0.3) is 5.52 Å². The minimum atomic E-state index is -0.00535. The van der Waals surface area contributed by atoms with E-state index >= 15 is 0 Å². The second-order valence-corrected chi connectivity index (χ2v) is 7.73. The molecule has 0 radical (unpaired) electrons. The number of rotatable bonds is 4. The number of carbonyl (C=O) groups excluding carboxylic acids is 2. The summed E-state index contributed by atoms with van der Waals surface area (Å²) in [6.45, 7) is 6.86. The molecule has 2 N–H and O–H groups in total. The molecule has 2 aliphatic rings. The van der Waals surface area contributed by atoms with Crippen molar-refractivity contribution in [3.05, 3.63) is 36.0 Å². The number of hydrogen-bond donors (Lipinski definition) is 2. The monoisotopic (exact) mass is 369 g/mol. The molecule has 2 aromatic rings. The first-order chi connectivity index (χ1) is 13.0. The van der Waals surface area contributed by atoms with E-state index in [-0.39, 0.29) is 18.0 Å². The number of nitrogens with zero attached hydrogens (tertiary/aromatic N) is 3. The van der Waals surface area contributed by atoms with Gasteiger partial charge < -0.3 is 24.8 Å². The molecule has 2 aromatic heterocycles. The van der Waals surface area contributed by atoms with Crippen molar-refractivity contribution in [2.45, 2.75) is 38.8 Å².